The Morgan fingerprint density at radius 3 is 2.73 bits per heavy atom. The Morgan fingerprint density at radius 2 is 2.00 bits per heavy atom. The van der Waals surface area contributed by atoms with Crippen LogP contribution in [0.3, 0.4) is 0 Å². The lowest BCUT2D eigenvalue weighted by Gasteiger charge is -2.11. The molecule has 0 spiro atoms. The van der Waals surface area contributed by atoms with Crippen molar-refractivity contribution in [2.75, 3.05) is 11.1 Å². The minimum atomic E-state index is -0.454. The summed E-state index contributed by atoms with van der Waals surface area (Å²) in [7, 11) is 0. The van der Waals surface area contributed by atoms with E-state index in [9.17, 15) is 9.18 Å². The van der Waals surface area contributed by atoms with Crippen molar-refractivity contribution in [1.29, 1.82) is 0 Å². The standard InChI is InChI=1S/C18H16ClFN4OS/c1-11-5-3-4-6-16(11)24-12(2)22-23-18(24)26-10-17(25)21-15-8-7-13(20)9-14(15)19/h3-9H,10H2,1-2H3,(H,21,25). The predicted molar refractivity (Wildman–Crippen MR) is 102 cm³/mol. The molecule has 0 atom stereocenters. The number of hydrogen-bond acceptors (Lipinski definition) is 4. The van der Waals surface area contributed by atoms with E-state index in [4.69, 9.17) is 11.6 Å². The topological polar surface area (TPSA) is 59.8 Å². The molecule has 1 amide bonds. The number of thioether (sulfide) groups is 1. The minimum absolute atomic E-state index is 0.123. The molecular formula is C18H16ClFN4OS. The van der Waals surface area contributed by atoms with E-state index >= 15 is 0 Å². The third-order valence-electron chi connectivity index (χ3n) is 3.69. The van der Waals surface area contributed by atoms with Gasteiger partial charge in [0.05, 0.1) is 22.2 Å². The van der Waals surface area contributed by atoms with Gasteiger partial charge in [-0.15, -0.1) is 10.2 Å². The van der Waals surface area contributed by atoms with Gasteiger partial charge in [-0.05, 0) is 43.7 Å². The first-order chi connectivity index (χ1) is 12.5. The van der Waals surface area contributed by atoms with E-state index in [0.29, 0.717) is 10.8 Å². The first-order valence-corrected chi connectivity index (χ1v) is 9.18. The number of aryl methyl sites for hydroxylation is 2. The summed E-state index contributed by atoms with van der Waals surface area (Å²) < 4.78 is 15.0. The minimum Gasteiger partial charge on any atom is -0.324 e. The molecule has 3 aromatic rings. The molecule has 1 aromatic heterocycles. The molecule has 0 aliphatic rings. The van der Waals surface area contributed by atoms with E-state index < -0.39 is 5.82 Å². The van der Waals surface area contributed by atoms with E-state index in [1.807, 2.05) is 42.7 Å². The highest BCUT2D eigenvalue weighted by molar-refractivity contribution is 7.99. The summed E-state index contributed by atoms with van der Waals surface area (Å²) in [5, 5.41) is 11.7. The van der Waals surface area contributed by atoms with Crippen molar-refractivity contribution in [2.24, 2.45) is 0 Å². The van der Waals surface area contributed by atoms with Crippen LogP contribution in [0.25, 0.3) is 5.69 Å². The van der Waals surface area contributed by atoms with Crippen LogP contribution in [0.4, 0.5) is 10.1 Å². The maximum Gasteiger partial charge on any atom is 0.234 e. The average Bonchev–Trinajstić information content (AvgIpc) is 2.97. The third kappa shape index (κ3) is 4.05. The normalized spacial score (nSPS) is 10.8. The monoisotopic (exact) mass is 390 g/mol. The molecule has 5 nitrogen and oxygen atoms in total. The molecule has 0 fully saturated rings. The zero-order valence-electron chi connectivity index (χ0n) is 14.2. The number of halogens is 2. The van der Waals surface area contributed by atoms with E-state index in [0.717, 1.165) is 23.1 Å². The molecule has 0 saturated heterocycles. The summed E-state index contributed by atoms with van der Waals surface area (Å²) in [5.41, 5.74) is 2.43. The fourth-order valence-electron chi connectivity index (χ4n) is 2.44. The fraction of sp³-hybridized carbons (Fsp3) is 0.167. The second kappa shape index (κ2) is 7.88. The Kier molecular flexibility index (Phi) is 5.58. The lowest BCUT2D eigenvalue weighted by atomic mass is 10.2. The van der Waals surface area contributed by atoms with Gasteiger partial charge in [0.1, 0.15) is 11.6 Å². The summed E-state index contributed by atoms with van der Waals surface area (Å²) in [6, 6.07) is 11.7. The number of rotatable bonds is 5. The van der Waals surface area contributed by atoms with Gasteiger partial charge in [0.25, 0.3) is 0 Å². The lowest BCUT2D eigenvalue weighted by Crippen LogP contribution is -2.15. The molecule has 0 bridgehead atoms. The molecule has 0 saturated carbocycles. The number of carbonyl (C=O) groups excluding carboxylic acids is 1. The fourth-order valence-corrected chi connectivity index (χ4v) is 3.44. The van der Waals surface area contributed by atoms with Crippen LogP contribution in [0.1, 0.15) is 11.4 Å². The van der Waals surface area contributed by atoms with Crippen LogP contribution in [0.2, 0.25) is 5.02 Å². The number of para-hydroxylation sites is 1. The van der Waals surface area contributed by atoms with Gasteiger partial charge in [-0.1, -0.05) is 41.6 Å². The molecular weight excluding hydrogens is 375 g/mol. The number of nitrogens with one attached hydrogen (secondary N) is 1. The maximum atomic E-state index is 13.1. The van der Waals surface area contributed by atoms with Crippen molar-refractivity contribution >= 4 is 35.0 Å². The number of amides is 1. The van der Waals surface area contributed by atoms with Gasteiger partial charge >= 0.3 is 0 Å². The summed E-state index contributed by atoms with van der Waals surface area (Å²) in [6.07, 6.45) is 0. The van der Waals surface area contributed by atoms with Crippen molar-refractivity contribution in [2.45, 2.75) is 19.0 Å². The predicted octanol–water partition coefficient (Wildman–Crippen LogP) is 4.41. The summed E-state index contributed by atoms with van der Waals surface area (Å²) in [4.78, 5) is 12.2. The van der Waals surface area contributed by atoms with E-state index in [1.165, 1.54) is 23.9 Å². The zero-order chi connectivity index (χ0) is 18.7. The van der Waals surface area contributed by atoms with Gasteiger partial charge in [-0.3, -0.25) is 9.36 Å². The molecule has 3 rings (SSSR count). The summed E-state index contributed by atoms with van der Waals surface area (Å²) >= 11 is 7.20. The molecule has 1 N–H and O–H groups in total. The van der Waals surface area contributed by atoms with Gasteiger partial charge in [0, 0.05) is 0 Å². The number of anilines is 1. The summed E-state index contributed by atoms with van der Waals surface area (Å²) in [5.74, 6) is 0.144. The van der Waals surface area contributed by atoms with Gasteiger partial charge in [0.15, 0.2) is 5.16 Å². The molecule has 0 radical (unpaired) electrons. The van der Waals surface area contributed by atoms with Crippen LogP contribution in [-0.2, 0) is 4.79 Å². The van der Waals surface area contributed by atoms with Crippen LogP contribution in [0, 0.1) is 19.7 Å². The van der Waals surface area contributed by atoms with Gasteiger partial charge < -0.3 is 5.32 Å². The highest BCUT2D eigenvalue weighted by Crippen LogP contribution is 2.25. The highest BCUT2D eigenvalue weighted by Gasteiger charge is 2.15. The third-order valence-corrected chi connectivity index (χ3v) is 4.93. The number of hydrogen-bond donors (Lipinski definition) is 1. The molecule has 2 aromatic carbocycles. The maximum absolute atomic E-state index is 13.1. The van der Waals surface area contributed by atoms with E-state index in [1.54, 1.807) is 0 Å². The van der Waals surface area contributed by atoms with E-state index in [2.05, 4.69) is 15.5 Å². The first kappa shape index (κ1) is 18.4. The van der Waals surface area contributed by atoms with Crippen molar-refractivity contribution in [3.05, 3.63) is 64.7 Å². The molecule has 1 heterocycles. The van der Waals surface area contributed by atoms with Crippen molar-refractivity contribution in [3.63, 3.8) is 0 Å². The molecule has 0 unspecified atom stereocenters. The van der Waals surface area contributed by atoms with E-state index in [-0.39, 0.29) is 16.7 Å². The average molecular weight is 391 g/mol. The second-order valence-corrected chi connectivity index (χ2v) is 6.96. The molecule has 8 heteroatoms. The number of nitrogens with zero attached hydrogens (tertiary/aromatic N) is 3. The Morgan fingerprint density at radius 1 is 1.23 bits per heavy atom. The van der Waals surface area contributed by atoms with Crippen molar-refractivity contribution in [1.82, 2.24) is 14.8 Å². The lowest BCUT2D eigenvalue weighted by molar-refractivity contribution is -0.113. The van der Waals surface area contributed by atoms with Gasteiger partial charge in [-0.25, -0.2) is 4.39 Å². The smallest absolute Gasteiger partial charge is 0.234 e. The van der Waals surface area contributed by atoms with Crippen LogP contribution in [-0.4, -0.2) is 26.4 Å². The first-order valence-electron chi connectivity index (χ1n) is 7.81. The van der Waals surface area contributed by atoms with Crippen molar-refractivity contribution in [3.8, 4) is 5.69 Å². The molecule has 0 aliphatic heterocycles. The van der Waals surface area contributed by atoms with Crippen molar-refractivity contribution < 1.29 is 9.18 Å². The SMILES string of the molecule is Cc1ccccc1-n1c(C)nnc1SCC(=O)Nc1ccc(F)cc1Cl. The van der Waals surface area contributed by atoms with Crippen LogP contribution in [0.15, 0.2) is 47.6 Å². The quantitative estimate of drug-likeness (QED) is 0.655. The Labute approximate surface area is 159 Å². The molecule has 134 valence electrons. The van der Waals surface area contributed by atoms with Crippen LogP contribution < -0.4 is 5.32 Å². The molecule has 26 heavy (non-hydrogen) atoms. The molecule has 0 aliphatic carbocycles. The Bertz CT molecular complexity index is 960. The Hall–Kier alpha value is -2.38. The van der Waals surface area contributed by atoms with Gasteiger partial charge in [-0.2, -0.15) is 0 Å². The Balaban J connectivity index is 1.73. The zero-order valence-corrected chi connectivity index (χ0v) is 15.7. The summed E-state index contributed by atoms with van der Waals surface area (Å²) in [6.45, 7) is 3.87. The highest BCUT2D eigenvalue weighted by atomic mass is 35.5. The number of aromatic nitrogens is 3. The second-order valence-electron chi connectivity index (χ2n) is 5.61. The number of carbonyl (C=O) groups is 1. The van der Waals surface area contributed by atoms with Gasteiger partial charge in [0.2, 0.25) is 5.91 Å². The van der Waals surface area contributed by atoms with Crippen LogP contribution in [0.5, 0.6) is 0 Å². The number of benzene rings is 2. The van der Waals surface area contributed by atoms with Crippen LogP contribution >= 0.6 is 23.4 Å². The largest absolute Gasteiger partial charge is 0.324 e.